The Morgan fingerprint density at radius 3 is 2.60 bits per heavy atom. The Morgan fingerprint density at radius 1 is 1.16 bits per heavy atom. The number of amides is 1. The van der Waals surface area contributed by atoms with E-state index in [-0.39, 0.29) is 5.91 Å². The summed E-state index contributed by atoms with van der Waals surface area (Å²) in [6.45, 7) is 5.74. The van der Waals surface area contributed by atoms with E-state index in [4.69, 9.17) is 4.74 Å². The van der Waals surface area contributed by atoms with Crippen molar-refractivity contribution < 1.29 is 9.53 Å². The molecule has 1 aromatic heterocycles. The van der Waals surface area contributed by atoms with Crippen molar-refractivity contribution in [2.45, 2.75) is 26.7 Å². The number of benzene rings is 1. The van der Waals surface area contributed by atoms with Crippen molar-refractivity contribution in [2.75, 3.05) is 25.5 Å². The molecule has 1 aromatic carbocycles. The topological polar surface area (TPSA) is 63.2 Å². The van der Waals surface area contributed by atoms with Crippen LogP contribution in [0, 0.1) is 5.92 Å². The van der Waals surface area contributed by atoms with Crippen molar-refractivity contribution in [3.05, 3.63) is 53.9 Å². The molecule has 0 fully saturated rings. The molecule has 0 saturated carbocycles. The number of anilines is 1. The predicted octanol–water partition coefficient (Wildman–Crippen LogP) is 3.52. The van der Waals surface area contributed by atoms with Gasteiger partial charge in [-0.15, -0.1) is 0 Å². The Morgan fingerprint density at radius 2 is 1.92 bits per heavy atom. The number of carbonyl (C=O) groups is 1. The smallest absolute Gasteiger partial charge is 0.252 e. The van der Waals surface area contributed by atoms with E-state index in [0.29, 0.717) is 18.0 Å². The van der Waals surface area contributed by atoms with Crippen LogP contribution in [0.15, 0.2) is 42.7 Å². The highest BCUT2D eigenvalue weighted by atomic mass is 16.5. The van der Waals surface area contributed by atoms with Gasteiger partial charge in [0.05, 0.1) is 18.4 Å². The van der Waals surface area contributed by atoms with E-state index < -0.39 is 0 Å². The maximum atomic E-state index is 12.1. The molecule has 0 saturated heterocycles. The van der Waals surface area contributed by atoms with E-state index in [1.807, 2.05) is 18.2 Å². The number of hydrogen-bond acceptors (Lipinski definition) is 4. The molecule has 5 nitrogen and oxygen atoms in total. The van der Waals surface area contributed by atoms with Gasteiger partial charge in [0, 0.05) is 25.5 Å². The van der Waals surface area contributed by atoms with Gasteiger partial charge in [0.15, 0.2) is 0 Å². The maximum absolute atomic E-state index is 12.1. The van der Waals surface area contributed by atoms with Gasteiger partial charge in [-0.25, -0.2) is 0 Å². The van der Waals surface area contributed by atoms with Crippen LogP contribution < -0.4 is 15.4 Å². The lowest BCUT2D eigenvalue weighted by atomic mass is 10.1. The molecule has 0 radical (unpaired) electrons. The summed E-state index contributed by atoms with van der Waals surface area (Å²) in [6, 6.07) is 9.86. The fourth-order valence-corrected chi connectivity index (χ4v) is 2.38. The SMILES string of the molecule is COc1ccc(CCNc2cncc(C(=O)NCCC(C)C)c2)cc1. The molecule has 1 amide bonds. The minimum Gasteiger partial charge on any atom is -0.497 e. The summed E-state index contributed by atoms with van der Waals surface area (Å²) in [5.41, 5.74) is 2.66. The van der Waals surface area contributed by atoms with Gasteiger partial charge in [-0.2, -0.15) is 0 Å². The minimum absolute atomic E-state index is 0.0769. The molecule has 0 aliphatic heterocycles. The second-order valence-electron chi connectivity index (χ2n) is 6.43. The third-order valence-electron chi connectivity index (χ3n) is 3.91. The number of aromatic nitrogens is 1. The van der Waals surface area contributed by atoms with Gasteiger partial charge < -0.3 is 15.4 Å². The first kappa shape index (κ1) is 18.8. The van der Waals surface area contributed by atoms with Crippen molar-refractivity contribution in [2.24, 2.45) is 5.92 Å². The molecule has 2 aromatic rings. The quantitative estimate of drug-likeness (QED) is 0.732. The lowest BCUT2D eigenvalue weighted by Gasteiger charge is -2.10. The van der Waals surface area contributed by atoms with Crippen molar-refractivity contribution >= 4 is 11.6 Å². The Bertz CT molecular complexity index is 669. The fraction of sp³-hybridized carbons (Fsp3) is 0.400. The molecule has 5 heteroatoms. The summed E-state index contributed by atoms with van der Waals surface area (Å²) < 4.78 is 5.16. The maximum Gasteiger partial charge on any atom is 0.252 e. The van der Waals surface area contributed by atoms with Gasteiger partial charge in [-0.05, 0) is 42.5 Å². The lowest BCUT2D eigenvalue weighted by molar-refractivity contribution is 0.0951. The van der Waals surface area contributed by atoms with Crippen LogP contribution in [0.25, 0.3) is 0 Å². The van der Waals surface area contributed by atoms with Crippen LogP contribution in [0.5, 0.6) is 5.75 Å². The first-order chi connectivity index (χ1) is 12.1. The minimum atomic E-state index is -0.0769. The zero-order chi connectivity index (χ0) is 18.1. The van der Waals surface area contributed by atoms with Gasteiger partial charge in [-0.3, -0.25) is 9.78 Å². The number of nitrogens with one attached hydrogen (secondary N) is 2. The highest BCUT2D eigenvalue weighted by Gasteiger charge is 2.07. The highest BCUT2D eigenvalue weighted by Crippen LogP contribution is 2.13. The summed E-state index contributed by atoms with van der Waals surface area (Å²) in [5, 5.41) is 6.25. The van der Waals surface area contributed by atoms with Gasteiger partial charge in [0.25, 0.3) is 5.91 Å². The monoisotopic (exact) mass is 341 g/mol. The van der Waals surface area contributed by atoms with Crippen molar-refractivity contribution in [3.63, 3.8) is 0 Å². The van der Waals surface area contributed by atoms with E-state index in [1.54, 1.807) is 19.5 Å². The predicted molar refractivity (Wildman–Crippen MR) is 101 cm³/mol. The Balaban J connectivity index is 1.82. The van der Waals surface area contributed by atoms with Crippen LogP contribution >= 0.6 is 0 Å². The van der Waals surface area contributed by atoms with Crippen LogP contribution in [0.3, 0.4) is 0 Å². The van der Waals surface area contributed by atoms with Crippen molar-refractivity contribution in [3.8, 4) is 5.75 Å². The molecule has 1 heterocycles. The number of carbonyl (C=O) groups excluding carboxylic acids is 1. The molecule has 25 heavy (non-hydrogen) atoms. The molecule has 0 atom stereocenters. The second-order valence-corrected chi connectivity index (χ2v) is 6.43. The van der Waals surface area contributed by atoms with E-state index in [2.05, 4.69) is 41.6 Å². The van der Waals surface area contributed by atoms with Crippen molar-refractivity contribution in [1.82, 2.24) is 10.3 Å². The molecule has 2 N–H and O–H groups in total. The molecule has 0 bridgehead atoms. The second kappa shape index (κ2) is 9.67. The van der Waals surface area contributed by atoms with Gasteiger partial charge in [0.1, 0.15) is 5.75 Å². The summed E-state index contributed by atoms with van der Waals surface area (Å²) >= 11 is 0. The van der Waals surface area contributed by atoms with Gasteiger partial charge in [0.2, 0.25) is 0 Å². The third kappa shape index (κ3) is 6.45. The highest BCUT2D eigenvalue weighted by molar-refractivity contribution is 5.94. The van der Waals surface area contributed by atoms with Crippen molar-refractivity contribution in [1.29, 1.82) is 0 Å². The fourth-order valence-electron chi connectivity index (χ4n) is 2.38. The lowest BCUT2D eigenvalue weighted by Crippen LogP contribution is -2.25. The number of hydrogen-bond donors (Lipinski definition) is 2. The number of ether oxygens (including phenoxy) is 1. The molecular formula is C20H27N3O2. The number of nitrogens with zero attached hydrogens (tertiary/aromatic N) is 1. The van der Waals surface area contributed by atoms with Crippen LogP contribution in [0.2, 0.25) is 0 Å². The zero-order valence-corrected chi connectivity index (χ0v) is 15.2. The van der Waals surface area contributed by atoms with E-state index in [1.165, 1.54) is 5.56 Å². The normalized spacial score (nSPS) is 10.6. The Labute approximate surface area is 149 Å². The largest absolute Gasteiger partial charge is 0.497 e. The average Bonchev–Trinajstić information content (AvgIpc) is 2.62. The van der Waals surface area contributed by atoms with E-state index in [9.17, 15) is 4.79 Å². The van der Waals surface area contributed by atoms with Crippen LogP contribution in [-0.4, -0.2) is 31.1 Å². The zero-order valence-electron chi connectivity index (χ0n) is 15.2. The molecule has 0 spiro atoms. The Hall–Kier alpha value is -2.56. The molecule has 0 aliphatic carbocycles. The molecule has 2 rings (SSSR count). The van der Waals surface area contributed by atoms with Crippen LogP contribution in [0.1, 0.15) is 36.2 Å². The van der Waals surface area contributed by atoms with E-state index >= 15 is 0 Å². The molecule has 0 unspecified atom stereocenters. The molecule has 134 valence electrons. The summed E-state index contributed by atoms with van der Waals surface area (Å²) in [5.74, 6) is 1.36. The number of methoxy groups -OCH3 is 1. The summed E-state index contributed by atoms with van der Waals surface area (Å²) in [7, 11) is 1.66. The molecular weight excluding hydrogens is 314 g/mol. The van der Waals surface area contributed by atoms with E-state index in [0.717, 1.165) is 30.8 Å². The van der Waals surface area contributed by atoms with Gasteiger partial charge in [-0.1, -0.05) is 26.0 Å². The standard InChI is InChI=1S/C20H27N3O2/c1-15(2)8-10-23-20(24)17-12-18(14-21-13-17)22-11-9-16-4-6-19(25-3)7-5-16/h4-7,12-15,22H,8-11H2,1-3H3,(H,23,24). The first-order valence-electron chi connectivity index (χ1n) is 8.68. The first-order valence-corrected chi connectivity index (χ1v) is 8.68. The molecule has 0 aliphatic rings. The van der Waals surface area contributed by atoms with Crippen LogP contribution in [-0.2, 0) is 6.42 Å². The third-order valence-corrected chi connectivity index (χ3v) is 3.91. The van der Waals surface area contributed by atoms with Gasteiger partial charge >= 0.3 is 0 Å². The summed E-state index contributed by atoms with van der Waals surface area (Å²) in [6.07, 6.45) is 5.19. The van der Waals surface area contributed by atoms with Crippen LogP contribution in [0.4, 0.5) is 5.69 Å². The average molecular weight is 341 g/mol. The number of rotatable bonds is 9. The summed E-state index contributed by atoms with van der Waals surface area (Å²) in [4.78, 5) is 16.3. The number of pyridine rings is 1. The Kier molecular flexibility index (Phi) is 7.26.